The summed E-state index contributed by atoms with van der Waals surface area (Å²) in [4.78, 5) is 18.0. The maximum atomic E-state index is 12.0. The Hall–Kier alpha value is -1.62. The molecule has 5 heteroatoms. The van der Waals surface area contributed by atoms with E-state index < -0.39 is 0 Å². The number of aliphatic hydroxyl groups is 1. The molecule has 0 radical (unpaired) electrons. The van der Waals surface area contributed by atoms with E-state index in [4.69, 9.17) is 0 Å². The number of carbonyl (C=O) groups is 1. The van der Waals surface area contributed by atoms with Crippen molar-refractivity contribution < 1.29 is 9.90 Å². The number of carbonyl (C=O) groups excluding carboxylic acids is 1. The third-order valence-electron chi connectivity index (χ3n) is 2.78. The van der Waals surface area contributed by atoms with Crippen LogP contribution >= 0.6 is 0 Å². The molecule has 0 bridgehead atoms. The van der Waals surface area contributed by atoms with Crippen molar-refractivity contribution in [1.29, 1.82) is 0 Å². The quantitative estimate of drug-likeness (QED) is 0.816. The average molecular weight is 251 g/mol. The van der Waals surface area contributed by atoms with Crippen molar-refractivity contribution in [3.8, 4) is 0 Å². The summed E-state index contributed by atoms with van der Waals surface area (Å²) in [5.74, 6) is 0.732. The van der Waals surface area contributed by atoms with Gasteiger partial charge in [0.1, 0.15) is 5.82 Å². The van der Waals surface area contributed by atoms with Gasteiger partial charge in [-0.05, 0) is 18.1 Å². The zero-order chi connectivity index (χ0) is 13.7. The van der Waals surface area contributed by atoms with Gasteiger partial charge in [0.2, 0.25) is 0 Å². The first-order chi connectivity index (χ1) is 8.45. The molecule has 0 saturated heterocycles. The van der Waals surface area contributed by atoms with Gasteiger partial charge in [-0.3, -0.25) is 4.79 Å². The molecule has 1 atom stereocenters. The van der Waals surface area contributed by atoms with Crippen LogP contribution in [0, 0.1) is 5.92 Å². The molecule has 1 aromatic heterocycles. The second kappa shape index (κ2) is 6.35. The first-order valence-electron chi connectivity index (χ1n) is 6.00. The highest BCUT2D eigenvalue weighted by atomic mass is 16.3. The van der Waals surface area contributed by atoms with Gasteiger partial charge < -0.3 is 15.3 Å². The SMILES string of the molecule is CC(C)[C@@H](CO)NC(=O)c1ccnc(N(C)C)c1. The van der Waals surface area contributed by atoms with Crippen LogP contribution in [0.2, 0.25) is 0 Å². The van der Waals surface area contributed by atoms with Gasteiger partial charge in [-0.1, -0.05) is 13.8 Å². The summed E-state index contributed by atoms with van der Waals surface area (Å²) in [7, 11) is 3.74. The predicted molar refractivity (Wildman–Crippen MR) is 71.7 cm³/mol. The molecule has 0 unspecified atom stereocenters. The van der Waals surface area contributed by atoms with Crippen LogP contribution in [0.3, 0.4) is 0 Å². The highest BCUT2D eigenvalue weighted by Gasteiger charge is 2.16. The van der Waals surface area contributed by atoms with Crippen LogP contribution in [0.5, 0.6) is 0 Å². The van der Waals surface area contributed by atoms with Crippen LogP contribution in [0.1, 0.15) is 24.2 Å². The molecule has 0 fully saturated rings. The van der Waals surface area contributed by atoms with Gasteiger partial charge in [0.05, 0.1) is 12.6 Å². The summed E-state index contributed by atoms with van der Waals surface area (Å²) >= 11 is 0. The monoisotopic (exact) mass is 251 g/mol. The Morgan fingerprint density at radius 1 is 1.50 bits per heavy atom. The van der Waals surface area contributed by atoms with E-state index in [-0.39, 0.29) is 24.5 Å². The molecule has 1 heterocycles. The number of pyridine rings is 1. The molecule has 0 aliphatic carbocycles. The Labute approximate surface area is 108 Å². The largest absolute Gasteiger partial charge is 0.394 e. The number of anilines is 1. The topological polar surface area (TPSA) is 65.5 Å². The highest BCUT2D eigenvalue weighted by Crippen LogP contribution is 2.10. The molecular formula is C13H21N3O2. The Bertz CT molecular complexity index is 405. The molecule has 0 aromatic carbocycles. The van der Waals surface area contributed by atoms with Gasteiger partial charge in [0, 0.05) is 25.9 Å². The van der Waals surface area contributed by atoms with E-state index in [0.717, 1.165) is 5.82 Å². The Morgan fingerprint density at radius 2 is 2.17 bits per heavy atom. The van der Waals surface area contributed by atoms with E-state index in [0.29, 0.717) is 5.56 Å². The van der Waals surface area contributed by atoms with Gasteiger partial charge in [-0.15, -0.1) is 0 Å². The van der Waals surface area contributed by atoms with Gasteiger partial charge in [-0.2, -0.15) is 0 Å². The van der Waals surface area contributed by atoms with Gasteiger partial charge in [0.25, 0.3) is 5.91 Å². The van der Waals surface area contributed by atoms with E-state index in [2.05, 4.69) is 10.3 Å². The minimum absolute atomic E-state index is 0.0605. The number of nitrogens with zero attached hydrogens (tertiary/aromatic N) is 2. The van der Waals surface area contributed by atoms with Crippen LogP contribution < -0.4 is 10.2 Å². The summed E-state index contributed by atoms with van der Waals surface area (Å²) in [6, 6.07) is 3.16. The first-order valence-corrected chi connectivity index (χ1v) is 6.00. The molecular weight excluding hydrogens is 230 g/mol. The second-order valence-electron chi connectivity index (χ2n) is 4.80. The zero-order valence-electron chi connectivity index (χ0n) is 11.3. The molecule has 0 saturated carbocycles. The number of aliphatic hydroxyl groups excluding tert-OH is 1. The van der Waals surface area contributed by atoms with Crippen molar-refractivity contribution in [2.45, 2.75) is 19.9 Å². The van der Waals surface area contributed by atoms with E-state index in [1.165, 1.54) is 0 Å². The smallest absolute Gasteiger partial charge is 0.251 e. The molecule has 0 aliphatic heterocycles. The van der Waals surface area contributed by atoms with E-state index in [1.54, 1.807) is 18.3 Å². The Morgan fingerprint density at radius 3 is 2.67 bits per heavy atom. The lowest BCUT2D eigenvalue weighted by atomic mass is 10.0. The summed E-state index contributed by atoms with van der Waals surface area (Å²) in [6.45, 7) is 3.85. The molecule has 18 heavy (non-hydrogen) atoms. The van der Waals surface area contributed by atoms with Crippen LogP contribution in [0.15, 0.2) is 18.3 Å². The second-order valence-corrected chi connectivity index (χ2v) is 4.80. The van der Waals surface area contributed by atoms with Crippen molar-refractivity contribution in [2.24, 2.45) is 5.92 Å². The minimum atomic E-state index is -0.228. The molecule has 0 aliphatic rings. The lowest BCUT2D eigenvalue weighted by Crippen LogP contribution is -2.41. The lowest BCUT2D eigenvalue weighted by Gasteiger charge is -2.20. The van der Waals surface area contributed by atoms with Crippen molar-refractivity contribution in [1.82, 2.24) is 10.3 Å². The summed E-state index contributed by atoms with van der Waals surface area (Å²) in [5, 5.41) is 12.0. The Kier molecular flexibility index (Phi) is 5.09. The first kappa shape index (κ1) is 14.4. The molecule has 1 aromatic rings. The molecule has 100 valence electrons. The number of hydrogen-bond donors (Lipinski definition) is 2. The fourth-order valence-electron chi connectivity index (χ4n) is 1.48. The summed E-state index contributed by atoms with van der Waals surface area (Å²) in [6.07, 6.45) is 1.60. The fraction of sp³-hybridized carbons (Fsp3) is 0.538. The van der Waals surface area contributed by atoms with Crippen molar-refractivity contribution in [2.75, 3.05) is 25.6 Å². The van der Waals surface area contributed by atoms with Crippen LogP contribution in [0.4, 0.5) is 5.82 Å². The minimum Gasteiger partial charge on any atom is -0.394 e. The van der Waals surface area contributed by atoms with Crippen LogP contribution in [-0.4, -0.2) is 42.7 Å². The van der Waals surface area contributed by atoms with Crippen molar-refractivity contribution in [3.63, 3.8) is 0 Å². The molecule has 0 spiro atoms. The predicted octanol–water partition coefficient (Wildman–Crippen LogP) is 0.894. The maximum Gasteiger partial charge on any atom is 0.251 e. The van der Waals surface area contributed by atoms with Crippen LogP contribution in [-0.2, 0) is 0 Å². The third-order valence-corrected chi connectivity index (χ3v) is 2.78. The molecule has 1 rings (SSSR count). The molecule has 5 nitrogen and oxygen atoms in total. The maximum absolute atomic E-state index is 12.0. The number of amides is 1. The van der Waals surface area contributed by atoms with E-state index in [1.807, 2.05) is 32.8 Å². The fourth-order valence-corrected chi connectivity index (χ4v) is 1.48. The third kappa shape index (κ3) is 3.70. The normalized spacial score (nSPS) is 12.3. The average Bonchev–Trinajstić information content (AvgIpc) is 2.35. The number of nitrogens with one attached hydrogen (secondary N) is 1. The zero-order valence-corrected chi connectivity index (χ0v) is 11.3. The molecule has 1 amide bonds. The Balaban J connectivity index is 2.81. The number of hydrogen-bond acceptors (Lipinski definition) is 4. The summed E-state index contributed by atoms with van der Waals surface area (Å²) in [5.41, 5.74) is 0.549. The molecule has 2 N–H and O–H groups in total. The highest BCUT2D eigenvalue weighted by molar-refractivity contribution is 5.95. The number of rotatable bonds is 5. The van der Waals surface area contributed by atoms with Gasteiger partial charge in [-0.25, -0.2) is 4.98 Å². The van der Waals surface area contributed by atoms with Gasteiger partial charge in [0.15, 0.2) is 0 Å². The number of aromatic nitrogens is 1. The standard InChI is InChI=1S/C13H21N3O2/c1-9(2)11(8-17)15-13(18)10-5-6-14-12(7-10)16(3)4/h5-7,9,11,17H,8H2,1-4H3,(H,15,18)/t11-/m1/s1. The van der Waals surface area contributed by atoms with E-state index >= 15 is 0 Å². The van der Waals surface area contributed by atoms with Gasteiger partial charge >= 0.3 is 0 Å². The van der Waals surface area contributed by atoms with E-state index in [9.17, 15) is 9.90 Å². The lowest BCUT2D eigenvalue weighted by molar-refractivity contribution is 0.0897. The van der Waals surface area contributed by atoms with Crippen molar-refractivity contribution >= 4 is 11.7 Å². The summed E-state index contributed by atoms with van der Waals surface area (Å²) < 4.78 is 0. The van der Waals surface area contributed by atoms with Crippen molar-refractivity contribution in [3.05, 3.63) is 23.9 Å². The van der Waals surface area contributed by atoms with Crippen LogP contribution in [0.25, 0.3) is 0 Å².